The maximum atomic E-state index is 5.45. The lowest BCUT2D eigenvalue weighted by atomic mass is 10.0. The molecule has 0 bridgehead atoms. The molecule has 1 atom stereocenters. The number of piperidine rings is 1. The second-order valence-corrected chi connectivity index (χ2v) is 6.66. The SMILES string of the molecule is CCC(C)NC1CCN(c2ncnc3cc(OC)c(OC)cc23)CC1. The molecule has 0 radical (unpaired) electrons. The molecule has 1 saturated heterocycles. The molecule has 6 heteroatoms. The fourth-order valence-corrected chi connectivity index (χ4v) is 3.40. The summed E-state index contributed by atoms with van der Waals surface area (Å²) in [6.45, 7) is 6.47. The molecule has 1 N–H and O–H groups in total. The highest BCUT2D eigenvalue weighted by atomic mass is 16.5. The number of hydrogen-bond donors (Lipinski definition) is 1. The third kappa shape index (κ3) is 3.79. The summed E-state index contributed by atoms with van der Waals surface area (Å²) in [6.07, 6.45) is 5.05. The molecule has 1 unspecified atom stereocenters. The first-order valence-electron chi connectivity index (χ1n) is 9.04. The van der Waals surface area contributed by atoms with Crippen molar-refractivity contribution in [2.75, 3.05) is 32.2 Å². The number of nitrogens with zero attached hydrogens (tertiary/aromatic N) is 3. The van der Waals surface area contributed by atoms with E-state index < -0.39 is 0 Å². The molecule has 1 aromatic heterocycles. The standard InChI is InChI=1S/C19H28N4O2/c1-5-13(2)22-14-6-8-23(9-7-14)19-15-10-17(24-3)18(25-4)11-16(15)20-12-21-19/h10-14,22H,5-9H2,1-4H3. The predicted molar refractivity (Wildman–Crippen MR) is 101 cm³/mol. The van der Waals surface area contributed by atoms with Crippen molar-refractivity contribution in [1.82, 2.24) is 15.3 Å². The van der Waals surface area contributed by atoms with Gasteiger partial charge in [0.1, 0.15) is 12.1 Å². The number of aromatic nitrogens is 2. The van der Waals surface area contributed by atoms with Crippen LogP contribution in [0.3, 0.4) is 0 Å². The van der Waals surface area contributed by atoms with Gasteiger partial charge in [-0.1, -0.05) is 6.92 Å². The van der Waals surface area contributed by atoms with Crippen LogP contribution in [0.25, 0.3) is 10.9 Å². The summed E-state index contributed by atoms with van der Waals surface area (Å²) in [4.78, 5) is 11.3. The lowest BCUT2D eigenvalue weighted by Gasteiger charge is -2.35. The quantitative estimate of drug-likeness (QED) is 0.869. The molecule has 136 valence electrons. The summed E-state index contributed by atoms with van der Waals surface area (Å²) in [5, 5.41) is 4.72. The van der Waals surface area contributed by atoms with E-state index in [0.29, 0.717) is 23.6 Å². The van der Waals surface area contributed by atoms with E-state index in [9.17, 15) is 0 Å². The number of fused-ring (bicyclic) bond motifs is 1. The smallest absolute Gasteiger partial charge is 0.162 e. The van der Waals surface area contributed by atoms with Crippen LogP contribution in [-0.4, -0.2) is 49.4 Å². The van der Waals surface area contributed by atoms with Gasteiger partial charge in [-0.25, -0.2) is 9.97 Å². The van der Waals surface area contributed by atoms with Gasteiger partial charge in [0.15, 0.2) is 11.5 Å². The van der Waals surface area contributed by atoms with Gasteiger partial charge >= 0.3 is 0 Å². The van der Waals surface area contributed by atoms with E-state index in [2.05, 4.69) is 34.0 Å². The van der Waals surface area contributed by atoms with Crippen LogP contribution in [0.4, 0.5) is 5.82 Å². The van der Waals surface area contributed by atoms with E-state index in [1.54, 1.807) is 20.5 Å². The molecule has 0 amide bonds. The Morgan fingerprint density at radius 1 is 1.16 bits per heavy atom. The van der Waals surface area contributed by atoms with E-state index in [-0.39, 0.29) is 0 Å². The topological polar surface area (TPSA) is 59.5 Å². The van der Waals surface area contributed by atoms with Crippen molar-refractivity contribution in [3.05, 3.63) is 18.5 Å². The Morgan fingerprint density at radius 3 is 2.48 bits per heavy atom. The summed E-state index contributed by atoms with van der Waals surface area (Å²) in [5.74, 6) is 2.38. The van der Waals surface area contributed by atoms with Crippen LogP contribution >= 0.6 is 0 Å². The van der Waals surface area contributed by atoms with Crippen LogP contribution in [-0.2, 0) is 0 Å². The Morgan fingerprint density at radius 2 is 1.84 bits per heavy atom. The van der Waals surface area contributed by atoms with Crippen molar-refractivity contribution in [3.63, 3.8) is 0 Å². The van der Waals surface area contributed by atoms with Crippen molar-refractivity contribution in [3.8, 4) is 11.5 Å². The van der Waals surface area contributed by atoms with Gasteiger partial charge in [-0.2, -0.15) is 0 Å². The minimum Gasteiger partial charge on any atom is -0.493 e. The normalized spacial score (nSPS) is 16.9. The zero-order valence-electron chi connectivity index (χ0n) is 15.6. The van der Waals surface area contributed by atoms with Crippen LogP contribution in [0.1, 0.15) is 33.1 Å². The number of anilines is 1. The molecular weight excluding hydrogens is 316 g/mol. The fraction of sp³-hybridized carbons (Fsp3) is 0.579. The molecule has 1 aromatic carbocycles. The molecule has 2 heterocycles. The Balaban J connectivity index is 1.82. The van der Waals surface area contributed by atoms with Crippen molar-refractivity contribution < 1.29 is 9.47 Å². The van der Waals surface area contributed by atoms with Crippen molar-refractivity contribution >= 4 is 16.7 Å². The monoisotopic (exact) mass is 344 g/mol. The first-order chi connectivity index (χ1) is 12.2. The summed E-state index contributed by atoms with van der Waals surface area (Å²) < 4.78 is 10.8. The zero-order valence-corrected chi connectivity index (χ0v) is 15.6. The second-order valence-electron chi connectivity index (χ2n) is 6.66. The molecular formula is C19H28N4O2. The Hall–Kier alpha value is -2.08. The van der Waals surface area contributed by atoms with Gasteiger partial charge < -0.3 is 19.7 Å². The van der Waals surface area contributed by atoms with Gasteiger partial charge in [-0.05, 0) is 32.3 Å². The summed E-state index contributed by atoms with van der Waals surface area (Å²) >= 11 is 0. The third-order valence-corrected chi connectivity index (χ3v) is 5.05. The Bertz CT molecular complexity index is 714. The number of ether oxygens (including phenoxy) is 2. The van der Waals surface area contributed by atoms with Crippen LogP contribution in [0.2, 0.25) is 0 Å². The van der Waals surface area contributed by atoms with Crippen molar-refractivity contribution in [2.24, 2.45) is 0 Å². The largest absolute Gasteiger partial charge is 0.493 e. The fourth-order valence-electron chi connectivity index (χ4n) is 3.40. The first kappa shape index (κ1) is 17.7. The lowest BCUT2D eigenvalue weighted by Crippen LogP contribution is -2.45. The summed E-state index contributed by atoms with van der Waals surface area (Å²) in [5.41, 5.74) is 0.877. The van der Waals surface area contributed by atoms with E-state index in [0.717, 1.165) is 42.7 Å². The van der Waals surface area contributed by atoms with Crippen LogP contribution in [0.5, 0.6) is 11.5 Å². The molecule has 0 spiro atoms. The van der Waals surface area contributed by atoms with E-state index in [1.807, 2.05) is 12.1 Å². The maximum absolute atomic E-state index is 5.45. The average molecular weight is 344 g/mol. The van der Waals surface area contributed by atoms with Crippen LogP contribution in [0, 0.1) is 0 Å². The molecule has 1 aliphatic heterocycles. The van der Waals surface area contributed by atoms with E-state index >= 15 is 0 Å². The number of rotatable bonds is 6. The minimum atomic E-state index is 0.577. The molecule has 1 aliphatic rings. The van der Waals surface area contributed by atoms with Crippen LogP contribution in [0.15, 0.2) is 18.5 Å². The van der Waals surface area contributed by atoms with E-state index in [1.165, 1.54) is 6.42 Å². The van der Waals surface area contributed by atoms with Crippen molar-refractivity contribution in [2.45, 2.75) is 45.2 Å². The number of hydrogen-bond acceptors (Lipinski definition) is 6. The molecule has 0 saturated carbocycles. The summed E-state index contributed by atoms with van der Waals surface area (Å²) in [7, 11) is 3.29. The van der Waals surface area contributed by atoms with Gasteiger partial charge in [-0.3, -0.25) is 0 Å². The van der Waals surface area contributed by atoms with Crippen LogP contribution < -0.4 is 19.7 Å². The predicted octanol–water partition coefficient (Wildman–Crippen LogP) is 3.00. The van der Waals surface area contributed by atoms with E-state index in [4.69, 9.17) is 9.47 Å². The highest BCUT2D eigenvalue weighted by Crippen LogP contribution is 2.35. The van der Waals surface area contributed by atoms with Gasteiger partial charge in [0.05, 0.1) is 19.7 Å². The highest BCUT2D eigenvalue weighted by Gasteiger charge is 2.23. The molecule has 2 aromatic rings. The average Bonchev–Trinajstić information content (AvgIpc) is 2.66. The molecule has 0 aliphatic carbocycles. The minimum absolute atomic E-state index is 0.577. The molecule has 3 rings (SSSR count). The summed E-state index contributed by atoms with van der Waals surface area (Å²) in [6, 6.07) is 5.06. The second kappa shape index (κ2) is 7.87. The maximum Gasteiger partial charge on any atom is 0.162 e. The number of benzene rings is 1. The Kier molecular flexibility index (Phi) is 5.58. The number of methoxy groups -OCH3 is 2. The number of nitrogens with one attached hydrogen (secondary N) is 1. The lowest BCUT2D eigenvalue weighted by molar-refractivity contribution is 0.355. The van der Waals surface area contributed by atoms with Gasteiger partial charge in [0.2, 0.25) is 0 Å². The molecule has 25 heavy (non-hydrogen) atoms. The molecule has 6 nitrogen and oxygen atoms in total. The zero-order chi connectivity index (χ0) is 17.8. The first-order valence-corrected chi connectivity index (χ1v) is 9.04. The third-order valence-electron chi connectivity index (χ3n) is 5.05. The van der Waals surface area contributed by atoms with Gasteiger partial charge in [-0.15, -0.1) is 0 Å². The van der Waals surface area contributed by atoms with Gasteiger partial charge in [0, 0.05) is 36.6 Å². The molecule has 1 fully saturated rings. The van der Waals surface area contributed by atoms with Crippen molar-refractivity contribution in [1.29, 1.82) is 0 Å². The highest BCUT2D eigenvalue weighted by molar-refractivity contribution is 5.92. The Labute approximate surface area is 149 Å². The van der Waals surface area contributed by atoms with Gasteiger partial charge in [0.25, 0.3) is 0 Å².